The number of hydrogen-bond donors (Lipinski definition) is 1. The number of hydrogen-bond acceptors (Lipinski definition) is 4. The zero-order chi connectivity index (χ0) is 19.6. The van der Waals surface area contributed by atoms with Gasteiger partial charge in [0.25, 0.3) is 0 Å². The van der Waals surface area contributed by atoms with Gasteiger partial charge in [-0.2, -0.15) is 0 Å². The summed E-state index contributed by atoms with van der Waals surface area (Å²) in [5, 5.41) is 0. The topological polar surface area (TPSA) is 68.5 Å². The zero-order valence-electron chi connectivity index (χ0n) is 16.1. The van der Waals surface area contributed by atoms with Gasteiger partial charge < -0.3 is 15.4 Å². The Morgan fingerprint density at radius 3 is 2.70 bits per heavy atom. The first kappa shape index (κ1) is 19.8. The number of amides is 1. The zero-order valence-corrected chi connectivity index (χ0v) is 17.7. The summed E-state index contributed by atoms with van der Waals surface area (Å²) >= 11 is 3.59. The van der Waals surface area contributed by atoms with Crippen molar-refractivity contribution in [1.82, 2.24) is 9.88 Å². The van der Waals surface area contributed by atoms with Crippen LogP contribution in [0.4, 0.5) is 10.6 Å². The third-order valence-electron chi connectivity index (χ3n) is 4.71. The van der Waals surface area contributed by atoms with E-state index in [1.165, 1.54) is 5.56 Å². The van der Waals surface area contributed by atoms with E-state index >= 15 is 0 Å². The van der Waals surface area contributed by atoms with Gasteiger partial charge in [0.05, 0.1) is 5.56 Å². The van der Waals surface area contributed by atoms with Gasteiger partial charge in [-0.25, -0.2) is 9.78 Å². The number of fused-ring (bicyclic) bond motifs is 1. The molecule has 1 aliphatic heterocycles. The predicted octanol–water partition coefficient (Wildman–Crippen LogP) is 4.34. The maximum atomic E-state index is 12.2. The summed E-state index contributed by atoms with van der Waals surface area (Å²) in [5.74, 6) is 7.36. The molecule has 0 spiro atoms. The molecule has 0 atom stereocenters. The van der Waals surface area contributed by atoms with Crippen LogP contribution in [0, 0.1) is 17.8 Å². The molecule has 1 saturated heterocycles. The van der Waals surface area contributed by atoms with Gasteiger partial charge in [0.2, 0.25) is 0 Å². The minimum absolute atomic E-state index is 0.241. The molecule has 0 unspecified atom stereocenters. The molecule has 1 fully saturated rings. The van der Waals surface area contributed by atoms with E-state index in [4.69, 9.17) is 10.5 Å². The van der Waals surface area contributed by atoms with Crippen LogP contribution in [0.1, 0.15) is 56.7 Å². The highest BCUT2D eigenvalue weighted by molar-refractivity contribution is 9.11. The summed E-state index contributed by atoms with van der Waals surface area (Å²) in [7, 11) is 0. The molecule has 144 valence electrons. The average molecular weight is 432 g/mol. The molecule has 1 aliphatic carbocycles. The van der Waals surface area contributed by atoms with Crippen LogP contribution in [0.5, 0.6) is 0 Å². The first-order chi connectivity index (χ1) is 12.7. The van der Waals surface area contributed by atoms with Gasteiger partial charge in [-0.1, -0.05) is 27.8 Å². The smallest absolute Gasteiger partial charge is 0.410 e. The first-order valence-corrected chi connectivity index (χ1v) is 10.1. The van der Waals surface area contributed by atoms with E-state index in [9.17, 15) is 4.79 Å². The molecule has 27 heavy (non-hydrogen) atoms. The third kappa shape index (κ3) is 5.04. The number of likely N-dealkylation sites (tertiary alicyclic amines) is 1. The number of aromatic nitrogens is 1. The lowest BCUT2D eigenvalue weighted by atomic mass is 9.93. The maximum Gasteiger partial charge on any atom is 0.410 e. The maximum absolute atomic E-state index is 12.2. The lowest BCUT2D eigenvalue weighted by Crippen LogP contribution is -2.41. The number of ether oxygens (including phenoxy) is 1. The molecule has 5 nitrogen and oxygen atoms in total. The van der Waals surface area contributed by atoms with Crippen LogP contribution in [0.15, 0.2) is 10.7 Å². The number of carbonyl (C=O) groups excluding carboxylic acids is 1. The highest BCUT2D eigenvalue weighted by atomic mass is 79.9. The highest BCUT2D eigenvalue weighted by Crippen LogP contribution is 2.31. The molecule has 1 amide bonds. The second-order valence-electron chi connectivity index (χ2n) is 8.06. The second-order valence-corrected chi connectivity index (χ2v) is 9.08. The normalized spacial score (nSPS) is 17.5. The minimum atomic E-state index is -0.466. The summed E-state index contributed by atoms with van der Waals surface area (Å²) in [4.78, 5) is 18.2. The molecule has 0 saturated carbocycles. The summed E-state index contributed by atoms with van der Waals surface area (Å²) in [6.45, 7) is 6.99. The number of piperidine rings is 1. The number of aryl methyl sites for hydroxylation is 1. The van der Waals surface area contributed by atoms with Gasteiger partial charge >= 0.3 is 6.09 Å². The molecule has 2 N–H and O–H groups in total. The fourth-order valence-electron chi connectivity index (χ4n) is 3.27. The van der Waals surface area contributed by atoms with Crippen molar-refractivity contribution in [3.63, 3.8) is 0 Å². The number of nitrogens with zero attached hydrogens (tertiary/aromatic N) is 2. The molecule has 2 aliphatic rings. The largest absolute Gasteiger partial charge is 0.444 e. The Hall–Kier alpha value is -2.00. The van der Waals surface area contributed by atoms with Crippen molar-refractivity contribution in [3.8, 4) is 11.8 Å². The number of nitrogen functional groups attached to an aromatic ring is 1. The fraction of sp³-hybridized carbons (Fsp3) is 0.524. The molecule has 1 aromatic heterocycles. The van der Waals surface area contributed by atoms with Crippen molar-refractivity contribution in [2.24, 2.45) is 5.92 Å². The van der Waals surface area contributed by atoms with E-state index in [1.807, 2.05) is 27.0 Å². The molecule has 0 aromatic carbocycles. The van der Waals surface area contributed by atoms with Crippen molar-refractivity contribution in [2.75, 3.05) is 18.8 Å². The summed E-state index contributed by atoms with van der Waals surface area (Å²) < 4.78 is 6.61. The van der Waals surface area contributed by atoms with Gasteiger partial charge in [0, 0.05) is 25.2 Å². The monoisotopic (exact) mass is 431 g/mol. The van der Waals surface area contributed by atoms with E-state index < -0.39 is 5.60 Å². The van der Waals surface area contributed by atoms with Gasteiger partial charge in [-0.3, -0.25) is 0 Å². The van der Waals surface area contributed by atoms with Crippen LogP contribution in [0.25, 0.3) is 6.08 Å². The van der Waals surface area contributed by atoms with Crippen LogP contribution in [0.3, 0.4) is 0 Å². The van der Waals surface area contributed by atoms with Crippen molar-refractivity contribution in [3.05, 3.63) is 27.4 Å². The molecular formula is C21H26BrN3O2. The van der Waals surface area contributed by atoms with E-state index in [-0.39, 0.29) is 12.0 Å². The second kappa shape index (κ2) is 7.93. The molecule has 2 heterocycles. The van der Waals surface area contributed by atoms with Crippen LogP contribution in [-0.4, -0.2) is 34.7 Å². The van der Waals surface area contributed by atoms with Gasteiger partial charge in [0.1, 0.15) is 11.4 Å². The number of carbonyl (C=O) groups is 1. The summed E-state index contributed by atoms with van der Waals surface area (Å²) in [5.41, 5.74) is 8.72. The Bertz CT molecular complexity index is 822. The third-order valence-corrected chi connectivity index (χ3v) is 5.34. The van der Waals surface area contributed by atoms with E-state index in [2.05, 4.69) is 38.8 Å². The van der Waals surface area contributed by atoms with Crippen LogP contribution >= 0.6 is 15.9 Å². The Balaban J connectivity index is 1.68. The van der Waals surface area contributed by atoms with E-state index in [0.29, 0.717) is 18.9 Å². The molecular weight excluding hydrogens is 406 g/mol. The Morgan fingerprint density at radius 1 is 1.33 bits per heavy atom. The van der Waals surface area contributed by atoms with Crippen molar-refractivity contribution in [1.29, 1.82) is 0 Å². The number of nitrogens with two attached hydrogens (primary N) is 1. The van der Waals surface area contributed by atoms with Gasteiger partial charge in [-0.05, 0) is 68.1 Å². The SMILES string of the molecule is CC(C)(C)OC(=O)N1CCC(C#Cc2c(N)ncc3c2C=C(Br)CC3)CC1. The standard InChI is InChI=1S/C21H26BrN3O2/c1-21(2,3)27-20(26)25-10-8-14(9-11-25)4-7-17-18-12-16(22)6-5-15(18)13-24-19(17)23/h12-14H,5-6,8-11H2,1-3H3,(H2,23,24). The lowest BCUT2D eigenvalue weighted by Gasteiger charge is -2.31. The Kier molecular flexibility index (Phi) is 5.81. The van der Waals surface area contributed by atoms with Crippen LogP contribution in [-0.2, 0) is 11.2 Å². The molecule has 0 radical (unpaired) electrons. The van der Waals surface area contributed by atoms with Crippen molar-refractivity contribution in [2.45, 2.75) is 52.1 Å². The van der Waals surface area contributed by atoms with Crippen LogP contribution in [0.2, 0.25) is 0 Å². The average Bonchev–Trinajstić information content (AvgIpc) is 2.60. The molecule has 6 heteroatoms. The minimum Gasteiger partial charge on any atom is -0.444 e. The van der Waals surface area contributed by atoms with Crippen LogP contribution < -0.4 is 5.73 Å². The molecule has 0 bridgehead atoms. The predicted molar refractivity (Wildman–Crippen MR) is 111 cm³/mol. The van der Waals surface area contributed by atoms with Gasteiger partial charge in [0.15, 0.2) is 0 Å². The van der Waals surface area contributed by atoms with Gasteiger partial charge in [-0.15, -0.1) is 0 Å². The number of halogens is 1. The molecule has 3 rings (SSSR count). The fourth-order valence-corrected chi connectivity index (χ4v) is 3.69. The first-order valence-electron chi connectivity index (χ1n) is 9.36. The number of allylic oxidation sites excluding steroid dienone is 1. The Labute approximate surface area is 169 Å². The number of pyridine rings is 1. The number of anilines is 1. The van der Waals surface area contributed by atoms with E-state index in [1.54, 1.807) is 4.90 Å². The van der Waals surface area contributed by atoms with Crippen molar-refractivity contribution >= 4 is 33.9 Å². The summed E-state index contributed by atoms with van der Waals surface area (Å²) in [6, 6.07) is 0. The molecule has 1 aromatic rings. The summed E-state index contributed by atoms with van der Waals surface area (Å²) in [6.07, 6.45) is 7.32. The lowest BCUT2D eigenvalue weighted by molar-refractivity contribution is 0.0199. The van der Waals surface area contributed by atoms with E-state index in [0.717, 1.165) is 41.3 Å². The quantitative estimate of drug-likeness (QED) is 0.620. The van der Waals surface area contributed by atoms with Crippen molar-refractivity contribution < 1.29 is 9.53 Å². The Morgan fingerprint density at radius 2 is 2.04 bits per heavy atom. The highest BCUT2D eigenvalue weighted by Gasteiger charge is 2.26. The number of rotatable bonds is 0.